The number of rotatable bonds is 2. The Morgan fingerprint density at radius 1 is 0.385 bits per heavy atom. The Balaban J connectivity index is 1.54. The standard InChI is InChI=1S/C44H30N4O4/c49-29-9-1-25(2-10-29)41-33-17-19-35(45-33)42(26-3-11-30(50)12-4-26)37-21-23-39(47-37)44(28-7-15-32(52)16-8-28)40-24-22-38(48-40)43(36-20-18-34(41)46-36)27-5-13-31(51)14-6-27/h1-24,45-50H/b41-33-,42-35-/i17D,18D,19D,20D,21D,22D,23D,24D. The summed E-state index contributed by atoms with van der Waals surface area (Å²) in [6.45, 7) is 0. The zero-order valence-corrected chi connectivity index (χ0v) is 26.9. The van der Waals surface area contributed by atoms with Crippen molar-refractivity contribution in [1.29, 1.82) is 0 Å². The highest BCUT2D eigenvalue weighted by Crippen LogP contribution is 2.35. The van der Waals surface area contributed by atoms with Crippen LogP contribution in [0.4, 0.5) is 0 Å². The lowest BCUT2D eigenvalue weighted by Gasteiger charge is -2.13. The van der Waals surface area contributed by atoms with Crippen molar-refractivity contribution in [1.82, 2.24) is 19.9 Å². The van der Waals surface area contributed by atoms with Crippen LogP contribution in [0.25, 0.3) is 22.3 Å². The summed E-state index contributed by atoms with van der Waals surface area (Å²) in [5.74, 6) is -0.770. The topological polar surface area (TPSA) is 138 Å². The molecular formula is C44H30N4O4. The van der Waals surface area contributed by atoms with Crippen LogP contribution in [-0.4, -0.2) is 41.7 Å². The maximum absolute atomic E-state index is 12.4. The number of aromatic amines is 4. The van der Waals surface area contributed by atoms with Crippen molar-refractivity contribution in [3.63, 3.8) is 0 Å². The molecule has 3 aliphatic rings. The van der Waals surface area contributed by atoms with Gasteiger partial charge in [-0.3, -0.25) is 9.59 Å². The van der Waals surface area contributed by atoms with Gasteiger partial charge >= 0.3 is 0 Å². The monoisotopic (exact) mass is 686 g/mol. The largest absolute Gasteiger partial charge is 0.508 e. The molecule has 0 spiro atoms. The maximum atomic E-state index is 12.4. The molecule has 6 N–H and O–H groups in total. The number of hydrogen-bond acceptors (Lipinski definition) is 4. The Morgan fingerprint density at radius 2 is 0.692 bits per heavy atom. The number of aromatic hydroxyl groups is 2. The Labute approximate surface area is 308 Å². The molecule has 8 nitrogen and oxygen atoms in total. The predicted molar refractivity (Wildman–Crippen MR) is 200 cm³/mol. The van der Waals surface area contributed by atoms with Gasteiger partial charge < -0.3 is 30.1 Å². The van der Waals surface area contributed by atoms with Crippen LogP contribution in [-0.2, 0) is 9.59 Å². The second-order valence-electron chi connectivity index (χ2n) is 12.1. The van der Waals surface area contributed by atoms with Crippen LogP contribution in [0.3, 0.4) is 0 Å². The zero-order chi connectivity index (χ0) is 42.3. The molecule has 0 atom stereocenters. The van der Waals surface area contributed by atoms with Gasteiger partial charge in [0.05, 0.1) is 11.0 Å². The van der Waals surface area contributed by atoms with Crippen molar-refractivity contribution in [2.75, 3.05) is 0 Å². The summed E-state index contributed by atoms with van der Waals surface area (Å²) in [6, 6.07) is 9.11. The normalized spacial score (nSPS) is 19.6. The first-order chi connectivity index (χ1) is 28.7. The zero-order valence-electron chi connectivity index (χ0n) is 34.9. The number of phenolic OH excluding ortho intramolecular Hbond substituents is 2. The smallest absolute Gasteiger partial charge is 0.178 e. The van der Waals surface area contributed by atoms with E-state index in [4.69, 9.17) is 0 Å². The number of phenols is 2. The van der Waals surface area contributed by atoms with Crippen LogP contribution in [0.1, 0.15) is 56.3 Å². The fourth-order valence-corrected chi connectivity index (χ4v) is 6.40. The maximum Gasteiger partial charge on any atom is 0.178 e. The molecule has 8 heteroatoms. The number of benzene rings is 2. The summed E-state index contributed by atoms with van der Waals surface area (Å²) in [6.07, 6.45) is 11.2. The van der Waals surface area contributed by atoms with Gasteiger partial charge in [-0.1, -0.05) is 48.6 Å². The molecular weight excluding hydrogens is 649 g/mol. The molecule has 0 radical (unpaired) electrons. The highest BCUT2D eigenvalue weighted by molar-refractivity contribution is 6.04. The first kappa shape index (κ1) is 23.2. The van der Waals surface area contributed by atoms with E-state index in [0.29, 0.717) is 22.3 Å². The molecule has 9 rings (SSSR count). The number of aromatic nitrogens is 4. The van der Waals surface area contributed by atoms with Gasteiger partial charge in [-0.15, -0.1) is 0 Å². The van der Waals surface area contributed by atoms with E-state index in [1.807, 2.05) is 0 Å². The molecule has 0 fully saturated rings. The van der Waals surface area contributed by atoms with E-state index >= 15 is 0 Å². The Kier molecular flexibility index (Phi) is 5.44. The minimum atomic E-state index is -0.347. The fourth-order valence-electron chi connectivity index (χ4n) is 6.40. The number of ketones is 2. The van der Waals surface area contributed by atoms with Gasteiger partial charge in [-0.05, 0) is 119 Å². The number of carbonyl (C=O) groups is 2. The van der Waals surface area contributed by atoms with Gasteiger partial charge in [0.15, 0.2) is 11.6 Å². The SMILES string of the molecule is [2H]c1c2[nH]c(c1[2H])C(=C1C=CC(=O)C=C1)c1[nH]c(c([2H])c1[2H])/C(c1ccc(O)cc1)=c1\[nH]/c(c([2H])c1[2H])=C(/c1ccc(O)cc1)c1[nH]c(c([2H])c1[2H])C2=C1C=CC(=O)C=C1. The van der Waals surface area contributed by atoms with Gasteiger partial charge in [0.2, 0.25) is 0 Å². The number of allylic oxidation sites excluding steroid dienone is 10. The lowest BCUT2D eigenvalue weighted by atomic mass is 9.98. The number of nitrogens with one attached hydrogen (secondary N) is 4. The lowest BCUT2D eigenvalue weighted by molar-refractivity contribution is -0.111. The molecule has 0 unspecified atom stereocenters. The number of carbonyl (C=O) groups excluding carboxylic acids is 2. The molecule has 0 saturated heterocycles. The Morgan fingerprint density at radius 3 is 1.02 bits per heavy atom. The Bertz CT molecular complexity index is 2980. The third-order valence-electron chi connectivity index (χ3n) is 8.85. The average molecular weight is 687 g/mol. The van der Waals surface area contributed by atoms with Crippen molar-refractivity contribution in [2.45, 2.75) is 0 Å². The van der Waals surface area contributed by atoms with Crippen molar-refractivity contribution in [3.05, 3.63) is 213 Å². The van der Waals surface area contributed by atoms with Crippen molar-refractivity contribution in [3.8, 4) is 11.5 Å². The number of hydrogen-bond donors (Lipinski definition) is 6. The lowest BCUT2D eigenvalue weighted by Crippen LogP contribution is -2.17. The van der Waals surface area contributed by atoms with E-state index in [1.165, 1.54) is 72.9 Å². The molecule has 2 aliphatic carbocycles. The second-order valence-corrected chi connectivity index (χ2v) is 12.1. The third kappa shape index (κ3) is 5.45. The summed E-state index contributed by atoms with van der Waals surface area (Å²) in [7, 11) is 0. The van der Waals surface area contributed by atoms with Gasteiger partial charge in [-0.25, -0.2) is 0 Å². The molecule has 0 saturated carbocycles. The highest BCUT2D eigenvalue weighted by atomic mass is 16.3. The van der Waals surface area contributed by atoms with Crippen LogP contribution in [0.5, 0.6) is 11.5 Å². The summed E-state index contributed by atoms with van der Waals surface area (Å²) < 4.78 is 75.0. The average Bonchev–Trinajstić information content (AvgIpc) is 3.89. The Hall–Kier alpha value is -7.32. The summed E-state index contributed by atoms with van der Waals surface area (Å²) in [5.41, 5.74) is 2.07. The molecule has 250 valence electrons. The van der Waals surface area contributed by atoms with E-state index in [0.717, 1.165) is 0 Å². The van der Waals surface area contributed by atoms with Gasteiger partial charge in [-0.2, -0.15) is 0 Å². The first-order valence-electron chi connectivity index (χ1n) is 20.1. The minimum Gasteiger partial charge on any atom is -0.508 e. The van der Waals surface area contributed by atoms with Crippen molar-refractivity contribution in [2.24, 2.45) is 0 Å². The van der Waals surface area contributed by atoms with E-state index in [9.17, 15) is 30.8 Å². The molecule has 52 heavy (non-hydrogen) atoms. The van der Waals surface area contributed by atoms with Crippen LogP contribution >= 0.6 is 0 Å². The second kappa shape index (κ2) is 12.2. The van der Waals surface area contributed by atoms with E-state index in [1.54, 1.807) is 24.3 Å². The third-order valence-corrected chi connectivity index (χ3v) is 8.85. The minimum absolute atomic E-state index is 0.00343. The first-order valence-corrected chi connectivity index (χ1v) is 16.1. The summed E-state index contributed by atoms with van der Waals surface area (Å²) in [4.78, 5) is 37.5. The summed E-state index contributed by atoms with van der Waals surface area (Å²) >= 11 is 0. The van der Waals surface area contributed by atoms with Crippen LogP contribution in [0.2, 0.25) is 0 Å². The number of H-pyrrole nitrogens is 4. The highest BCUT2D eigenvalue weighted by Gasteiger charge is 2.22. The molecule has 8 bridgehead atoms. The molecule has 4 aromatic heterocycles. The van der Waals surface area contributed by atoms with Gasteiger partial charge in [0, 0.05) is 67.2 Å². The summed E-state index contributed by atoms with van der Waals surface area (Å²) in [5, 5.41) is 20.6. The van der Waals surface area contributed by atoms with E-state index in [2.05, 4.69) is 19.9 Å². The molecule has 5 heterocycles. The van der Waals surface area contributed by atoms with Crippen LogP contribution in [0.15, 0.2) is 157 Å². The number of fused-ring (bicyclic) bond motifs is 8. The molecule has 2 aromatic carbocycles. The quantitative estimate of drug-likeness (QED) is 0.129. The van der Waals surface area contributed by atoms with Crippen LogP contribution in [0, 0.1) is 0 Å². The predicted octanol–water partition coefficient (Wildman–Crippen LogP) is 6.21. The fraction of sp³-hybridized carbons (Fsp3) is 0. The van der Waals surface area contributed by atoms with E-state index in [-0.39, 0.29) is 139 Å². The van der Waals surface area contributed by atoms with Crippen molar-refractivity contribution >= 4 is 33.9 Å². The van der Waals surface area contributed by atoms with Crippen molar-refractivity contribution < 1.29 is 30.8 Å². The molecule has 6 aromatic rings. The van der Waals surface area contributed by atoms with Gasteiger partial charge in [0.1, 0.15) is 11.5 Å². The van der Waals surface area contributed by atoms with Gasteiger partial charge in [0.25, 0.3) is 0 Å². The van der Waals surface area contributed by atoms with E-state index < -0.39 is 0 Å². The molecule has 0 amide bonds. The van der Waals surface area contributed by atoms with Crippen LogP contribution < -0.4 is 10.7 Å². The molecule has 1 aliphatic heterocycles.